The van der Waals surface area contributed by atoms with Crippen LogP contribution in [-0.2, 0) is 20.1 Å². The lowest BCUT2D eigenvalue weighted by atomic mass is 10.1. The van der Waals surface area contributed by atoms with Crippen LogP contribution in [0, 0.1) is 0 Å². The maximum Gasteiger partial charge on any atom is 0.292 e. The molecule has 0 N–H and O–H groups in total. The molecule has 0 unspecified atom stereocenters. The summed E-state index contributed by atoms with van der Waals surface area (Å²) in [6.07, 6.45) is 1.86. The first-order valence-corrected chi connectivity index (χ1v) is 7.45. The van der Waals surface area contributed by atoms with Gasteiger partial charge in [-0.1, -0.05) is 36.5 Å². The molecule has 1 amide bonds. The van der Waals surface area contributed by atoms with Gasteiger partial charge in [-0.15, -0.1) is 0 Å². The molecule has 0 aromatic heterocycles. The molecule has 0 atom stereocenters. The molecule has 0 bridgehead atoms. The molecule has 2 heterocycles. The minimum atomic E-state index is -1.40. The number of hydrogen-bond donors (Lipinski definition) is 0. The third kappa shape index (κ3) is 1.86. The molecule has 1 spiro atoms. The average Bonchev–Trinajstić information content (AvgIpc) is 3.00. The predicted molar refractivity (Wildman–Crippen MR) is 77.3 cm³/mol. The van der Waals surface area contributed by atoms with Crippen LogP contribution in [0.4, 0.5) is 5.69 Å². The van der Waals surface area contributed by atoms with E-state index in [1.807, 2.05) is 0 Å². The summed E-state index contributed by atoms with van der Waals surface area (Å²) in [6, 6.07) is 3.37. The minimum absolute atomic E-state index is 0.228. The van der Waals surface area contributed by atoms with Gasteiger partial charge in [0, 0.05) is 6.54 Å². The topological polar surface area (TPSA) is 38.8 Å². The molecule has 6 heteroatoms. The Bertz CT molecular complexity index is 556. The van der Waals surface area contributed by atoms with E-state index in [1.54, 1.807) is 17.0 Å². The fourth-order valence-corrected chi connectivity index (χ4v) is 3.25. The first kappa shape index (κ1) is 14.1. The number of amides is 1. The molecule has 1 fully saturated rings. The highest BCUT2D eigenvalue weighted by molar-refractivity contribution is 6.38. The summed E-state index contributed by atoms with van der Waals surface area (Å²) in [5, 5.41) is 0.934. The molecule has 0 radical (unpaired) electrons. The Morgan fingerprint density at radius 3 is 2.55 bits per heavy atom. The van der Waals surface area contributed by atoms with Crippen LogP contribution in [0.3, 0.4) is 0 Å². The number of hydrogen-bond acceptors (Lipinski definition) is 3. The second-order valence-electron chi connectivity index (χ2n) is 4.88. The number of carbonyl (C=O) groups is 1. The van der Waals surface area contributed by atoms with Crippen LogP contribution in [0.5, 0.6) is 0 Å². The van der Waals surface area contributed by atoms with E-state index in [9.17, 15) is 4.79 Å². The number of nitrogens with zero attached hydrogens (tertiary/aromatic N) is 1. The van der Waals surface area contributed by atoms with Gasteiger partial charge in [-0.3, -0.25) is 4.79 Å². The van der Waals surface area contributed by atoms with Gasteiger partial charge in [0.2, 0.25) is 0 Å². The van der Waals surface area contributed by atoms with Gasteiger partial charge in [-0.05, 0) is 18.6 Å². The smallest absolute Gasteiger partial charge is 0.292 e. The van der Waals surface area contributed by atoms with Crippen molar-refractivity contribution in [1.29, 1.82) is 0 Å². The summed E-state index contributed by atoms with van der Waals surface area (Å²) in [5.41, 5.74) is 1.17. The highest BCUT2D eigenvalue weighted by Gasteiger charge is 2.57. The van der Waals surface area contributed by atoms with Gasteiger partial charge >= 0.3 is 0 Å². The van der Waals surface area contributed by atoms with Gasteiger partial charge in [0.05, 0.1) is 34.5 Å². The second-order valence-corrected chi connectivity index (χ2v) is 5.69. The highest BCUT2D eigenvalue weighted by atomic mass is 35.5. The lowest BCUT2D eigenvalue weighted by Gasteiger charge is -2.22. The molecule has 108 valence electrons. The predicted octanol–water partition coefficient (Wildman–Crippen LogP) is 3.34. The van der Waals surface area contributed by atoms with Crippen molar-refractivity contribution < 1.29 is 14.3 Å². The van der Waals surface area contributed by atoms with E-state index in [4.69, 9.17) is 32.7 Å². The van der Waals surface area contributed by atoms with E-state index in [2.05, 4.69) is 6.92 Å². The number of carbonyl (C=O) groups excluding carboxylic acids is 1. The van der Waals surface area contributed by atoms with Crippen LogP contribution in [-0.4, -0.2) is 25.7 Å². The zero-order chi connectivity index (χ0) is 14.3. The minimum Gasteiger partial charge on any atom is -0.336 e. The summed E-state index contributed by atoms with van der Waals surface area (Å²) >= 11 is 12.6. The summed E-state index contributed by atoms with van der Waals surface area (Å²) in [7, 11) is 0. The van der Waals surface area contributed by atoms with Crippen molar-refractivity contribution in [3.63, 3.8) is 0 Å². The van der Waals surface area contributed by atoms with Crippen LogP contribution in [0.15, 0.2) is 12.1 Å². The lowest BCUT2D eigenvalue weighted by Crippen LogP contribution is -2.41. The highest BCUT2D eigenvalue weighted by Crippen LogP contribution is 2.51. The molecular weight excluding hydrogens is 301 g/mol. The number of halogens is 2. The third-order valence-electron chi connectivity index (χ3n) is 3.63. The van der Waals surface area contributed by atoms with E-state index >= 15 is 0 Å². The summed E-state index contributed by atoms with van der Waals surface area (Å²) in [4.78, 5) is 14.4. The molecule has 1 aromatic carbocycles. The molecule has 2 aliphatic heterocycles. The number of rotatable bonds is 3. The Hall–Kier alpha value is -0.810. The van der Waals surface area contributed by atoms with E-state index in [-0.39, 0.29) is 5.91 Å². The Kier molecular flexibility index (Phi) is 3.67. The SMILES string of the molecule is CCCCN1C(=O)C2(OCCO2)c2c(Cl)ccc(Cl)c21. The maximum atomic E-state index is 12.8. The van der Waals surface area contributed by atoms with Gasteiger partial charge in [0.1, 0.15) is 0 Å². The van der Waals surface area contributed by atoms with Crippen molar-refractivity contribution in [2.75, 3.05) is 24.7 Å². The Morgan fingerprint density at radius 2 is 1.90 bits per heavy atom. The van der Waals surface area contributed by atoms with Gasteiger partial charge in [-0.25, -0.2) is 0 Å². The number of unbranched alkanes of at least 4 members (excludes halogenated alkanes) is 1. The van der Waals surface area contributed by atoms with Crippen LogP contribution in [0.1, 0.15) is 25.3 Å². The number of ether oxygens (including phenoxy) is 2. The van der Waals surface area contributed by atoms with Crippen molar-refractivity contribution in [2.24, 2.45) is 0 Å². The Morgan fingerprint density at radius 1 is 1.25 bits per heavy atom. The van der Waals surface area contributed by atoms with Crippen molar-refractivity contribution >= 4 is 34.8 Å². The summed E-state index contributed by atoms with van der Waals surface area (Å²) in [5.74, 6) is -1.63. The molecule has 0 aliphatic carbocycles. The zero-order valence-electron chi connectivity index (χ0n) is 11.1. The van der Waals surface area contributed by atoms with Crippen LogP contribution in [0.25, 0.3) is 0 Å². The van der Waals surface area contributed by atoms with E-state index in [1.165, 1.54) is 0 Å². The zero-order valence-corrected chi connectivity index (χ0v) is 12.6. The average molecular weight is 316 g/mol. The van der Waals surface area contributed by atoms with Gasteiger partial charge in [0.25, 0.3) is 11.7 Å². The fourth-order valence-electron chi connectivity index (χ4n) is 2.71. The Balaban J connectivity index is 2.16. The van der Waals surface area contributed by atoms with E-state index < -0.39 is 5.79 Å². The monoisotopic (exact) mass is 315 g/mol. The third-order valence-corrected chi connectivity index (χ3v) is 4.25. The molecule has 1 saturated heterocycles. The fraction of sp³-hybridized carbons (Fsp3) is 0.500. The molecule has 4 nitrogen and oxygen atoms in total. The second kappa shape index (κ2) is 5.19. The number of fused-ring (bicyclic) bond motifs is 2. The van der Waals surface area contributed by atoms with Gasteiger partial charge in [-0.2, -0.15) is 0 Å². The maximum absolute atomic E-state index is 12.8. The van der Waals surface area contributed by atoms with Crippen molar-refractivity contribution in [2.45, 2.75) is 25.6 Å². The van der Waals surface area contributed by atoms with Crippen molar-refractivity contribution in [3.05, 3.63) is 27.7 Å². The summed E-state index contributed by atoms with van der Waals surface area (Å²) in [6.45, 7) is 3.39. The first-order valence-electron chi connectivity index (χ1n) is 6.70. The molecule has 20 heavy (non-hydrogen) atoms. The lowest BCUT2D eigenvalue weighted by molar-refractivity contribution is -0.180. The molecule has 0 saturated carbocycles. The number of benzene rings is 1. The van der Waals surface area contributed by atoms with Crippen LogP contribution in [0.2, 0.25) is 10.0 Å². The van der Waals surface area contributed by atoms with Gasteiger partial charge in [0.15, 0.2) is 0 Å². The van der Waals surface area contributed by atoms with E-state index in [0.717, 1.165) is 12.8 Å². The molecular formula is C14H15Cl2NO3. The van der Waals surface area contributed by atoms with E-state index in [0.29, 0.717) is 41.1 Å². The normalized spacial score (nSPS) is 19.9. The summed E-state index contributed by atoms with van der Waals surface area (Å²) < 4.78 is 11.3. The molecule has 1 aromatic rings. The standard InChI is InChI=1S/C14H15Cl2NO3/c1-2-3-6-17-12-10(16)5-4-9(15)11(12)14(13(17)18)19-7-8-20-14/h4-5H,2-3,6-8H2,1H3. The first-order chi connectivity index (χ1) is 9.62. The largest absolute Gasteiger partial charge is 0.336 e. The molecule has 2 aliphatic rings. The number of anilines is 1. The van der Waals surface area contributed by atoms with Crippen LogP contribution < -0.4 is 4.90 Å². The van der Waals surface area contributed by atoms with Gasteiger partial charge < -0.3 is 14.4 Å². The Labute approximate surface area is 127 Å². The molecule has 3 rings (SSSR count). The quantitative estimate of drug-likeness (QED) is 0.858. The van der Waals surface area contributed by atoms with Crippen molar-refractivity contribution in [1.82, 2.24) is 0 Å². The van der Waals surface area contributed by atoms with Crippen LogP contribution >= 0.6 is 23.2 Å². The van der Waals surface area contributed by atoms with Crippen molar-refractivity contribution in [3.8, 4) is 0 Å².